The Morgan fingerprint density at radius 3 is 2.85 bits per heavy atom. The first-order valence-corrected chi connectivity index (χ1v) is 4.70. The van der Waals surface area contributed by atoms with Crippen LogP contribution in [0.3, 0.4) is 0 Å². The van der Waals surface area contributed by atoms with Gasteiger partial charge in [0.05, 0.1) is 10.2 Å². The summed E-state index contributed by atoms with van der Waals surface area (Å²) in [5, 5.41) is 0. The number of carbonyl (C=O) groups is 1. The maximum absolute atomic E-state index is 13.2. The van der Waals surface area contributed by atoms with Crippen LogP contribution in [-0.4, -0.2) is 5.78 Å². The zero-order chi connectivity index (χ0) is 9.59. The largest absolute Gasteiger partial charge is 0.396 e. The number of benzene rings is 1. The van der Waals surface area contributed by atoms with E-state index in [4.69, 9.17) is 5.73 Å². The minimum absolute atomic E-state index is 0.0214. The van der Waals surface area contributed by atoms with E-state index in [9.17, 15) is 9.18 Å². The van der Waals surface area contributed by atoms with Crippen LogP contribution in [0.1, 0.15) is 22.3 Å². The van der Waals surface area contributed by atoms with Gasteiger partial charge in [-0.25, -0.2) is 4.39 Å². The number of nitrogen functional groups attached to an aromatic ring is 1. The third kappa shape index (κ3) is 1.16. The first-order valence-electron chi connectivity index (χ1n) is 3.91. The van der Waals surface area contributed by atoms with Gasteiger partial charge in [0.2, 0.25) is 0 Å². The number of hydrogen-bond donors (Lipinski definition) is 1. The molecule has 13 heavy (non-hydrogen) atoms. The van der Waals surface area contributed by atoms with Crippen LogP contribution in [0.25, 0.3) is 0 Å². The van der Waals surface area contributed by atoms with E-state index >= 15 is 0 Å². The Labute approximate surface area is 83.1 Å². The Morgan fingerprint density at radius 1 is 1.46 bits per heavy atom. The molecule has 0 aliphatic heterocycles. The summed E-state index contributed by atoms with van der Waals surface area (Å²) in [6.45, 7) is 0. The van der Waals surface area contributed by atoms with Gasteiger partial charge in [-0.3, -0.25) is 4.79 Å². The summed E-state index contributed by atoms with van der Waals surface area (Å²) < 4.78 is 13.6. The lowest BCUT2D eigenvalue weighted by atomic mass is 10.1. The minimum Gasteiger partial charge on any atom is -0.396 e. The molecular formula is C9H7BrFNO. The molecule has 0 saturated heterocycles. The number of fused-ring (bicyclic) bond motifs is 1. The van der Waals surface area contributed by atoms with Crippen molar-refractivity contribution in [3.63, 3.8) is 0 Å². The van der Waals surface area contributed by atoms with Gasteiger partial charge >= 0.3 is 0 Å². The van der Waals surface area contributed by atoms with E-state index in [1.54, 1.807) is 6.07 Å². The first-order chi connectivity index (χ1) is 6.11. The first kappa shape index (κ1) is 8.69. The van der Waals surface area contributed by atoms with Crippen LogP contribution in [0, 0.1) is 5.82 Å². The molecule has 0 fully saturated rings. The molecule has 0 aromatic heterocycles. The number of halogens is 2. The second-order valence-electron chi connectivity index (χ2n) is 3.04. The lowest BCUT2D eigenvalue weighted by Gasteiger charge is -2.05. The van der Waals surface area contributed by atoms with Crippen molar-refractivity contribution in [3.05, 3.63) is 27.5 Å². The summed E-state index contributed by atoms with van der Waals surface area (Å²) >= 11 is 3.05. The zero-order valence-corrected chi connectivity index (χ0v) is 8.32. The monoisotopic (exact) mass is 243 g/mol. The Kier molecular flexibility index (Phi) is 1.87. The van der Waals surface area contributed by atoms with Gasteiger partial charge in [-0.05, 0) is 34.0 Å². The molecule has 0 atom stereocenters. The highest BCUT2D eigenvalue weighted by Crippen LogP contribution is 2.33. The summed E-state index contributed by atoms with van der Waals surface area (Å²) in [6, 6.07) is 1.63. The highest BCUT2D eigenvalue weighted by Gasteiger charge is 2.25. The number of carbonyl (C=O) groups excluding carboxylic acids is 1. The molecule has 0 heterocycles. The number of aryl methyl sites for hydroxylation is 1. The molecule has 2 N–H and O–H groups in total. The molecule has 0 radical (unpaired) electrons. The second-order valence-corrected chi connectivity index (χ2v) is 3.90. The van der Waals surface area contributed by atoms with Crippen molar-refractivity contribution >= 4 is 27.4 Å². The van der Waals surface area contributed by atoms with Crippen molar-refractivity contribution in [1.29, 1.82) is 0 Å². The fourth-order valence-electron chi connectivity index (χ4n) is 1.60. The molecule has 2 rings (SSSR count). The van der Waals surface area contributed by atoms with Crippen LogP contribution < -0.4 is 5.73 Å². The molecule has 1 aromatic rings. The number of rotatable bonds is 0. The number of Topliss-reactive ketones (excluding diaryl/α,β-unsaturated/α-hetero) is 1. The van der Waals surface area contributed by atoms with Crippen LogP contribution in [0.5, 0.6) is 0 Å². The van der Waals surface area contributed by atoms with Crippen LogP contribution in [0.4, 0.5) is 10.1 Å². The predicted molar refractivity (Wildman–Crippen MR) is 51.2 cm³/mol. The average Bonchev–Trinajstić information content (AvgIpc) is 2.43. The van der Waals surface area contributed by atoms with Crippen LogP contribution in [0.15, 0.2) is 10.5 Å². The van der Waals surface area contributed by atoms with Crippen LogP contribution in [-0.2, 0) is 6.42 Å². The van der Waals surface area contributed by atoms with Crippen LogP contribution >= 0.6 is 15.9 Å². The lowest BCUT2D eigenvalue weighted by molar-refractivity contribution is 0.0995. The van der Waals surface area contributed by atoms with E-state index in [0.717, 1.165) is 5.56 Å². The Morgan fingerprint density at radius 2 is 2.15 bits per heavy atom. The van der Waals surface area contributed by atoms with E-state index in [1.165, 1.54) is 0 Å². The number of ketones is 1. The molecule has 1 aliphatic carbocycles. The van der Waals surface area contributed by atoms with Crippen molar-refractivity contribution in [2.75, 3.05) is 5.73 Å². The van der Waals surface area contributed by atoms with Gasteiger partial charge in [0.1, 0.15) is 0 Å². The van der Waals surface area contributed by atoms with Crippen molar-refractivity contribution in [2.45, 2.75) is 12.8 Å². The molecule has 0 spiro atoms. The van der Waals surface area contributed by atoms with Gasteiger partial charge in [-0.2, -0.15) is 0 Å². The summed E-state index contributed by atoms with van der Waals surface area (Å²) in [4.78, 5) is 11.3. The predicted octanol–water partition coefficient (Wildman–Crippen LogP) is 2.30. The van der Waals surface area contributed by atoms with Crippen molar-refractivity contribution in [3.8, 4) is 0 Å². The highest BCUT2D eigenvalue weighted by molar-refractivity contribution is 9.10. The van der Waals surface area contributed by atoms with Gasteiger partial charge < -0.3 is 5.73 Å². The Bertz CT molecular complexity index is 403. The van der Waals surface area contributed by atoms with Gasteiger partial charge in [-0.15, -0.1) is 0 Å². The SMILES string of the molecule is Nc1c(F)c(Br)cc2c1C(=O)CC2. The molecule has 0 unspecified atom stereocenters. The molecular weight excluding hydrogens is 237 g/mol. The number of nitrogens with two attached hydrogens (primary N) is 1. The second kappa shape index (κ2) is 2.80. The molecule has 4 heteroatoms. The van der Waals surface area contributed by atoms with E-state index in [1.807, 2.05) is 0 Å². The van der Waals surface area contributed by atoms with Gasteiger partial charge in [-0.1, -0.05) is 0 Å². The van der Waals surface area contributed by atoms with E-state index < -0.39 is 5.82 Å². The van der Waals surface area contributed by atoms with Crippen LogP contribution in [0.2, 0.25) is 0 Å². The maximum atomic E-state index is 13.2. The minimum atomic E-state index is -0.533. The van der Waals surface area contributed by atoms with Gasteiger partial charge in [0.15, 0.2) is 11.6 Å². The summed E-state index contributed by atoms with van der Waals surface area (Å²) in [7, 11) is 0. The fraction of sp³-hybridized carbons (Fsp3) is 0.222. The highest BCUT2D eigenvalue weighted by atomic mass is 79.9. The summed E-state index contributed by atoms with van der Waals surface area (Å²) in [6.07, 6.45) is 1.10. The van der Waals surface area contributed by atoms with Gasteiger partial charge in [0, 0.05) is 12.0 Å². The average molecular weight is 244 g/mol. The topological polar surface area (TPSA) is 43.1 Å². The molecule has 68 valence electrons. The summed E-state index contributed by atoms with van der Waals surface area (Å²) in [5.41, 5.74) is 6.70. The molecule has 0 saturated carbocycles. The molecule has 0 amide bonds. The molecule has 1 aliphatic rings. The molecule has 1 aromatic carbocycles. The lowest BCUT2D eigenvalue weighted by Crippen LogP contribution is -2.02. The molecule has 0 bridgehead atoms. The van der Waals surface area contributed by atoms with E-state index in [2.05, 4.69) is 15.9 Å². The maximum Gasteiger partial charge on any atom is 0.165 e. The third-order valence-corrected chi connectivity index (χ3v) is 2.81. The standard InChI is InChI=1S/C9H7BrFNO/c10-5-3-4-1-2-6(13)7(4)9(12)8(5)11/h3H,1-2,12H2. The van der Waals surface area contributed by atoms with Gasteiger partial charge in [0.25, 0.3) is 0 Å². The van der Waals surface area contributed by atoms with Crippen molar-refractivity contribution in [1.82, 2.24) is 0 Å². The van der Waals surface area contributed by atoms with E-state index in [-0.39, 0.29) is 11.5 Å². The van der Waals surface area contributed by atoms with Crippen molar-refractivity contribution in [2.24, 2.45) is 0 Å². The number of anilines is 1. The van der Waals surface area contributed by atoms with E-state index in [0.29, 0.717) is 22.9 Å². The number of hydrogen-bond acceptors (Lipinski definition) is 2. The smallest absolute Gasteiger partial charge is 0.165 e. The van der Waals surface area contributed by atoms with Crippen molar-refractivity contribution < 1.29 is 9.18 Å². The Balaban J connectivity index is 2.75. The summed E-state index contributed by atoms with van der Waals surface area (Å²) in [5.74, 6) is -0.590. The quantitative estimate of drug-likeness (QED) is 0.711. The molecule has 2 nitrogen and oxygen atoms in total. The fourth-order valence-corrected chi connectivity index (χ4v) is 2.09. The Hall–Kier alpha value is -0.900. The third-order valence-electron chi connectivity index (χ3n) is 2.24. The zero-order valence-electron chi connectivity index (χ0n) is 6.73. The normalized spacial score (nSPS) is 14.8.